The largest absolute Gasteiger partial charge is 0.341 e. The van der Waals surface area contributed by atoms with Crippen molar-refractivity contribution in [3.63, 3.8) is 0 Å². The monoisotopic (exact) mass is 439 g/mol. The molecule has 164 valence electrons. The molecule has 2 fully saturated rings. The molecule has 2 aromatic rings. The molecule has 0 aliphatic carbocycles. The highest BCUT2D eigenvalue weighted by Gasteiger charge is 2.35. The number of nitrogens with zero attached hydrogens (tertiary/aromatic N) is 3. The second kappa shape index (κ2) is 9.77. The van der Waals surface area contributed by atoms with Gasteiger partial charge in [0.25, 0.3) is 0 Å². The highest BCUT2D eigenvalue weighted by atomic mass is 32.2. The summed E-state index contributed by atoms with van der Waals surface area (Å²) in [6, 6.07) is 18.9. The molecule has 2 aromatic carbocycles. The normalized spacial score (nSPS) is 19.7. The second-order valence-electron chi connectivity index (χ2n) is 8.04. The number of hydrogen-bond donors (Lipinski definition) is 0. The number of benzene rings is 2. The highest BCUT2D eigenvalue weighted by molar-refractivity contribution is 7.92. The number of rotatable bonds is 6. The van der Waals surface area contributed by atoms with Crippen LogP contribution < -0.4 is 0 Å². The minimum absolute atomic E-state index is 0.129. The molecule has 1 amide bonds. The van der Waals surface area contributed by atoms with Crippen molar-refractivity contribution < 1.29 is 13.2 Å². The van der Waals surface area contributed by atoms with Gasteiger partial charge in [0.05, 0.1) is 0 Å². The molecule has 1 atom stereocenters. The molecule has 4 rings (SSSR count). The lowest BCUT2D eigenvalue weighted by Crippen LogP contribution is -2.52. The van der Waals surface area contributed by atoms with Gasteiger partial charge in [0.1, 0.15) is 6.04 Å². The fourth-order valence-corrected chi connectivity index (χ4v) is 5.46. The number of likely N-dealkylation sites (tertiary alicyclic amines) is 1. The van der Waals surface area contributed by atoms with Crippen LogP contribution in [0.15, 0.2) is 66.1 Å². The molecule has 0 N–H and O–H groups in total. The van der Waals surface area contributed by atoms with Crippen LogP contribution in [0.2, 0.25) is 0 Å². The van der Waals surface area contributed by atoms with E-state index in [1.165, 1.54) is 9.71 Å². The Morgan fingerprint density at radius 1 is 0.806 bits per heavy atom. The molecule has 2 heterocycles. The minimum atomic E-state index is -3.50. The lowest BCUT2D eigenvalue weighted by Gasteiger charge is -2.39. The van der Waals surface area contributed by atoms with Gasteiger partial charge >= 0.3 is 0 Å². The zero-order chi connectivity index (χ0) is 21.7. The zero-order valence-electron chi connectivity index (χ0n) is 17.6. The van der Waals surface area contributed by atoms with Gasteiger partial charge in [0, 0.05) is 44.7 Å². The van der Waals surface area contributed by atoms with E-state index in [9.17, 15) is 13.2 Å². The maximum Gasteiger partial charge on any atom is 0.244 e. The fraction of sp³-hybridized carbons (Fsp3) is 0.375. The lowest BCUT2D eigenvalue weighted by atomic mass is 10.0. The van der Waals surface area contributed by atoms with E-state index in [1.54, 1.807) is 6.08 Å². The van der Waals surface area contributed by atoms with Crippen LogP contribution in [0.1, 0.15) is 30.0 Å². The molecule has 6 nitrogen and oxygen atoms in total. The molecule has 0 radical (unpaired) electrons. The Kier molecular flexibility index (Phi) is 6.85. The van der Waals surface area contributed by atoms with Crippen LogP contribution in [0.5, 0.6) is 0 Å². The summed E-state index contributed by atoms with van der Waals surface area (Å²) in [6.07, 6.45) is 3.73. The van der Waals surface area contributed by atoms with Crippen molar-refractivity contribution in [3.05, 3.63) is 77.2 Å². The molecule has 0 saturated carbocycles. The molecule has 7 heteroatoms. The van der Waals surface area contributed by atoms with Crippen molar-refractivity contribution in [2.24, 2.45) is 0 Å². The van der Waals surface area contributed by atoms with Crippen molar-refractivity contribution in [1.29, 1.82) is 0 Å². The SMILES string of the molecule is O=C([C@H](c1ccccc1)N1CCN(S(=O)(=O)/C=C/c2ccccc2)CC1)N1CCCC1. The average molecular weight is 440 g/mol. The molecule has 2 saturated heterocycles. The van der Waals surface area contributed by atoms with E-state index in [4.69, 9.17) is 0 Å². The third-order valence-electron chi connectivity index (χ3n) is 6.00. The van der Waals surface area contributed by atoms with Gasteiger partial charge in [-0.1, -0.05) is 60.7 Å². The van der Waals surface area contributed by atoms with Crippen molar-refractivity contribution >= 4 is 22.0 Å². The molecular formula is C24H29N3O3S. The Labute approximate surface area is 184 Å². The number of piperazine rings is 1. The van der Waals surface area contributed by atoms with E-state index in [0.29, 0.717) is 26.2 Å². The van der Waals surface area contributed by atoms with Crippen molar-refractivity contribution in [2.75, 3.05) is 39.3 Å². The Morgan fingerprint density at radius 2 is 1.39 bits per heavy atom. The van der Waals surface area contributed by atoms with Crippen LogP contribution in [0.25, 0.3) is 6.08 Å². The number of sulfonamides is 1. The summed E-state index contributed by atoms with van der Waals surface area (Å²) >= 11 is 0. The number of carbonyl (C=O) groups excluding carboxylic acids is 1. The highest BCUT2D eigenvalue weighted by Crippen LogP contribution is 2.27. The van der Waals surface area contributed by atoms with E-state index in [0.717, 1.165) is 37.1 Å². The Balaban J connectivity index is 1.46. The first-order valence-corrected chi connectivity index (χ1v) is 12.4. The minimum Gasteiger partial charge on any atom is -0.341 e. The molecular weight excluding hydrogens is 410 g/mol. The van der Waals surface area contributed by atoms with Gasteiger partial charge in [-0.15, -0.1) is 0 Å². The first kappa shape index (κ1) is 21.7. The predicted molar refractivity (Wildman–Crippen MR) is 123 cm³/mol. The third-order valence-corrected chi connectivity index (χ3v) is 7.56. The quantitative estimate of drug-likeness (QED) is 0.694. The summed E-state index contributed by atoms with van der Waals surface area (Å²) in [4.78, 5) is 17.4. The molecule has 0 aromatic heterocycles. The van der Waals surface area contributed by atoms with E-state index < -0.39 is 10.0 Å². The maximum atomic E-state index is 13.3. The third kappa shape index (κ3) is 5.23. The van der Waals surface area contributed by atoms with Crippen LogP contribution in [-0.4, -0.2) is 67.7 Å². The van der Waals surface area contributed by atoms with E-state index >= 15 is 0 Å². The summed E-state index contributed by atoms with van der Waals surface area (Å²) in [5, 5.41) is 1.28. The summed E-state index contributed by atoms with van der Waals surface area (Å²) in [5.74, 6) is 0.129. The summed E-state index contributed by atoms with van der Waals surface area (Å²) < 4.78 is 27.1. The lowest BCUT2D eigenvalue weighted by molar-refractivity contribution is -0.136. The van der Waals surface area contributed by atoms with Crippen LogP contribution in [0.3, 0.4) is 0 Å². The number of hydrogen-bond acceptors (Lipinski definition) is 4. The Bertz CT molecular complexity index is 995. The molecule has 2 aliphatic heterocycles. The van der Waals surface area contributed by atoms with Gasteiger partial charge < -0.3 is 4.90 Å². The van der Waals surface area contributed by atoms with E-state index in [2.05, 4.69) is 4.90 Å². The average Bonchev–Trinajstić information content (AvgIpc) is 3.35. The number of amides is 1. The van der Waals surface area contributed by atoms with Gasteiger partial charge in [-0.3, -0.25) is 9.69 Å². The van der Waals surface area contributed by atoms with Crippen molar-refractivity contribution in [2.45, 2.75) is 18.9 Å². The standard InChI is InChI=1S/C24H29N3O3S/c28-24(26-14-7-8-15-26)23(22-11-5-2-6-12-22)25-16-18-27(19-17-25)31(29,30)20-13-21-9-3-1-4-10-21/h1-6,9-13,20,23H,7-8,14-19H2/b20-13+/t23-/m0/s1. The number of carbonyl (C=O) groups is 1. The van der Waals surface area contributed by atoms with Gasteiger partial charge in [-0.05, 0) is 30.0 Å². The Morgan fingerprint density at radius 3 is 2.00 bits per heavy atom. The molecule has 0 spiro atoms. The summed E-state index contributed by atoms with van der Waals surface area (Å²) in [7, 11) is -3.50. The molecule has 0 bridgehead atoms. The van der Waals surface area contributed by atoms with Gasteiger partial charge in [0.2, 0.25) is 15.9 Å². The maximum absolute atomic E-state index is 13.3. The van der Waals surface area contributed by atoms with Crippen LogP contribution >= 0.6 is 0 Å². The van der Waals surface area contributed by atoms with Gasteiger partial charge in [-0.2, -0.15) is 4.31 Å². The van der Waals surface area contributed by atoms with Crippen LogP contribution in [-0.2, 0) is 14.8 Å². The predicted octanol–water partition coefficient (Wildman–Crippen LogP) is 2.97. The van der Waals surface area contributed by atoms with E-state index in [-0.39, 0.29) is 11.9 Å². The first-order chi connectivity index (χ1) is 15.0. The fourth-order valence-electron chi connectivity index (χ4n) is 4.29. The smallest absolute Gasteiger partial charge is 0.244 e. The van der Waals surface area contributed by atoms with Crippen LogP contribution in [0, 0.1) is 0 Å². The summed E-state index contributed by atoms with van der Waals surface area (Å²) in [5.41, 5.74) is 1.82. The zero-order valence-corrected chi connectivity index (χ0v) is 18.5. The Hall–Kier alpha value is -2.48. The molecule has 0 unspecified atom stereocenters. The van der Waals surface area contributed by atoms with Crippen LogP contribution in [0.4, 0.5) is 0 Å². The van der Waals surface area contributed by atoms with Crippen molar-refractivity contribution in [3.8, 4) is 0 Å². The van der Waals surface area contributed by atoms with Gasteiger partial charge in [0.15, 0.2) is 0 Å². The van der Waals surface area contributed by atoms with E-state index in [1.807, 2.05) is 65.6 Å². The van der Waals surface area contributed by atoms with Crippen molar-refractivity contribution in [1.82, 2.24) is 14.1 Å². The topological polar surface area (TPSA) is 60.9 Å². The second-order valence-corrected chi connectivity index (χ2v) is 9.86. The van der Waals surface area contributed by atoms with Gasteiger partial charge in [-0.25, -0.2) is 8.42 Å². The molecule has 2 aliphatic rings. The molecule has 31 heavy (non-hydrogen) atoms. The summed E-state index contributed by atoms with van der Waals surface area (Å²) in [6.45, 7) is 3.41. The first-order valence-electron chi connectivity index (χ1n) is 10.9.